The van der Waals surface area contributed by atoms with Crippen molar-refractivity contribution in [1.82, 2.24) is 10.4 Å². The Bertz CT molecular complexity index is 762. The number of ether oxygens (including phenoxy) is 1. The van der Waals surface area contributed by atoms with E-state index in [1.54, 1.807) is 0 Å². The van der Waals surface area contributed by atoms with Crippen LogP contribution in [0.25, 0.3) is 5.70 Å². The van der Waals surface area contributed by atoms with Gasteiger partial charge in [-0.25, -0.2) is 0 Å². The number of fused-ring (bicyclic) bond motifs is 4. The van der Waals surface area contributed by atoms with Crippen LogP contribution in [0.1, 0.15) is 42.9 Å². The summed E-state index contributed by atoms with van der Waals surface area (Å²) in [4.78, 5) is 0. The summed E-state index contributed by atoms with van der Waals surface area (Å²) in [7, 11) is 0. The van der Waals surface area contributed by atoms with Gasteiger partial charge in [-0.1, -0.05) is 48.5 Å². The molecule has 1 saturated carbocycles. The third-order valence-electron chi connectivity index (χ3n) is 5.29. The molecule has 2 aliphatic heterocycles. The summed E-state index contributed by atoms with van der Waals surface area (Å²) < 4.78 is 6.51. The minimum Gasteiger partial charge on any atom is -0.471 e. The molecule has 3 nitrogen and oxygen atoms in total. The molecule has 1 N–H and O–H groups in total. The Morgan fingerprint density at radius 1 is 0.957 bits per heavy atom. The Kier molecular flexibility index (Phi) is 2.79. The van der Waals surface area contributed by atoms with Crippen molar-refractivity contribution in [2.75, 3.05) is 0 Å². The van der Waals surface area contributed by atoms with Gasteiger partial charge in [0, 0.05) is 18.4 Å². The maximum atomic E-state index is 6.51. The molecular formula is C20H20N2O. The molecule has 23 heavy (non-hydrogen) atoms. The van der Waals surface area contributed by atoms with Gasteiger partial charge in [-0.2, -0.15) is 5.01 Å². The number of hydrogen-bond donors (Lipinski definition) is 1. The van der Waals surface area contributed by atoms with Crippen molar-refractivity contribution < 1.29 is 4.74 Å². The van der Waals surface area contributed by atoms with Crippen LogP contribution in [0.3, 0.4) is 0 Å². The van der Waals surface area contributed by atoms with E-state index in [-0.39, 0.29) is 11.8 Å². The first-order chi connectivity index (χ1) is 11.4. The Morgan fingerprint density at radius 3 is 2.52 bits per heavy atom. The second-order valence-electron chi connectivity index (χ2n) is 6.67. The van der Waals surface area contributed by atoms with Crippen molar-refractivity contribution in [1.29, 1.82) is 0 Å². The van der Waals surface area contributed by atoms with Crippen LogP contribution in [0.2, 0.25) is 0 Å². The number of benzene rings is 2. The lowest BCUT2D eigenvalue weighted by molar-refractivity contribution is -0.125. The summed E-state index contributed by atoms with van der Waals surface area (Å²) in [5, 5.41) is 2.35. The Morgan fingerprint density at radius 2 is 1.70 bits per heavy atom. The van der Waals surface area contributed by atoms with E-state index < -0.39 is 0 Å². The van der Waals surface area contributed by atoms with Crippen LogP contribution in [0.15, 0.2) is 60.7 Å². The van der Waals surface area contributed by atoms with Gasteiger partial charge in [0.25, 0.3) is 0 Å². The summed E-state index contributed by atoms with van der Waals surface area (Å²) in [6.45, 7) is 0. The molecule has 2 heterocycles. The molecular weight excluding hydrogens is 284 g/mol. The average Bonchev–Trinajstić information content (AvgIpc) is 3.24. The van der Waals surface area contributed by atoms with E-state index in [0.29, 0.717) is 0 Å². The zero-order valence-electron chi connectivity index (χ0n) is 13.0. The number of nitrogens with zero attached hydrogens (tertiary/aromatic N) is 1. The highest BCUT2D eigenvalue weighted by atomic mass is 16.5. The third-order valence-corrected chi connectivity index (χ3v) is 5.29. The maximum absolute atomic E-state index is 6.51. The van der Waals surface area contributed by atoms with Gasteiger partial charge in [-0.05, 0) is 30.5 Å². The zero-order chi connectivity index (χ0) is 15.3. The monoisotopic (exact) mass is 304 g/mol. The van der Waals surface area contributed by atoms with Gasteiger partial charge in [0.2, 0.25) is 0 Å². The largest absolute Gasteiger partial charge is 0.471 e. The predicted molar refractivity (Wildman–Crippen MR) is 90.4 cm³/mol. The SMILES string of the molecule is C1=C(c2ccccc2)NN2[C@H]1c1ccccc1OC21CCCC1. The summed E-state index contributed by atoms with van der Waals surface area (Å²) >= 11 is 0. The number of rotatable bonds is 1. The lowest BCUT2D eigenvalue weighted by atomic mass is 9.98. The van der Waals surface area contributed by atoms with Gasteiger partial charge in [-0.15, -0.1) is 0 Å². The van der Waals surface area contributed by atoms with Gasteiger partial charge in [0.15, 0.2) is 5.72 Å². The summed E-state index contributed by atoms with van der Waals surface area (Å²) in [6, 6.07) is 19.3. The molecule has 0 saturated heterocycles. The van der Waals surface area contributed by atoms with Gasteiger partial charge >= 0.3 is 0 Å². The lowest BCUT2D eigenvalue weighted by Gasteiger charge is -2.46. The molecule has 0 unspecified atom stereocenters. The van der Waals surface area contributed by atoms with E-state index in [0.717, 1.165) is 18.6 Å². The Balaban J connectivity index is 1.62. The molecule has 1 aliphatic carbocycles. The van der Waals surface area contributed by atoms with E-state index in [1.165, 1.54) is 29.7 Å². The number of nitrogens with one attached hydrogen (secondary N) is 1. The Labute approximate surface area is 136 Å². The highest BCUT2D eigenvalue weighted by Gasteiger charge is 2.51. The molecule has 2 aromatic rings. The topological polar surface area (TPSA) is 24.5 Å². The first-order valence-corrected chi connectivity index (χ1v) is 8.47. The molecule has 0 amide bonds. The van der Waals surface area contributed by atoms with Crippen LogP contribution in [0.4, 0.5) is 0 Å². The second-order valence-corrected chi connectivity index (χ2v) is 6.67. The zero-order valence-corrected chi connectivity index (χ0v) is 13.0. The van der Waals surface area contributed by atoms with Gasteiger partial charge in [-0.3, -0.25) is 0 Å². The van der Waals surface area contributed by atoms with Crippen molar-refractivity contribution in [3.63, 3.8) is 0 Å². The van der Waals surface area contributed by atoms with E-state index in [1.807, 2.05) is 0 Å². The molecule has 1 spiro atoms. The molecule has 1 fully saturated rings. The molecule has 3 aliphatic rings. The van der Waals surface area contributed by atoms with E-state index in [9.17, 15) is 0 Å². The summed E-state index contributed by atoms with van der Waals surface area (Å²) in [5.74, 6) is 1.04. The normalized spacial score (nSPS) is 24.5. The molecule has 3 heteroatoms. The van der Waals surface area contributed by atoms with E-state index >= 15 is 0 Å². The highest BCUT2D eigenvalue weighted by Crippen LogP contribution is 2.50. The smallest absolute Gasteiger partial charge is 0.180 e. The van der Waals surface area contributed by atoms with Crippen molar-refractivity contribution in [3.05, 3.63) is 71.8 Å². The van der Waals surface area contributed by atoms with Gasteiger partial charge in [0.1, 0.15) is 5.75 Å². The first kappa shape index (κ1) is 13.2. The van der Waals surface area contributed by atoms with Crippen LogP contribution in [-0.4, -0.2) is 10.7 Å². The van der Waals surface area contributed by atoms with Crippen molar-refractivity contribution in [3.8, 4) is 5.75 Å². The minimum atomic E-state index is -0.202. The first-order valence-electron chi connectivity index (χ1n) is 8.47. The van der Waals surface area contributed by atoms with Crippen LogP contribution in [0, 0.1) is 0 Å². The number of hydrazine groups is 1. The lowest BCUT2D eigenvalue weighted by Crippen LogP contribution is -2.58. The van der Waals surface area contributed by atoms with Crippen LogP contribution in [0.5, 0.6) is 5.75 Å². The quantitative estimate of drug-likeness (QED) is 0.852. The van der Waals surface area contributed by atoms with Crippen LogP contribution < -0.4 is 10.2 Å². The van der Waals surface area contributed by atoms with E-state index in [2.05, 4.69) is 71.1 Å². The second kappa shape index (κ2) is 4.87. The third kappa shape index (κ3) is 1.93. The van der Waals surface area contributed by atoms with Gasteiger partial charge < -0.3 is 10.2 Å². The fraction of sp³-hybridized carbons (Fsp3) is 0.300. The van der Waals surface area contributed by atoms with Crippen molar-refractivity contribution in [2.45, 2.75) is 37.5 Å². The van der Waals surface area contributed by atoms with Crippen LogP contribution >= 0.6 is 0 Å². The molecule has 0 aromatic heterocycles. The molecule has 116 valence electrons. The number of hydrogen-bond acceptors (Lipinski definition) is 3. The fourth-order valence-corrected chi connectivity index (χ4v) is 4.17. The fourth-order valence-electron chi connectivity index (χ4n) is 4.17. The average molecular weight is 304 g/mol. The van der Waals surface area contributed by atoms with Crippen molar-refractivity contribution >= 4 is 5.70 Å². The number of para-hydroxylation sites is 1. The van der Waals surface area contributed by atoms with Gasteiger partial charge in [0.05, 0.1) is 11.7 Å². The standard InChI is InChI=1S/C20H20N2O/c1-2-8-15(9-3-1)17-14-18-16-10-4-5-11-19(16)23-20(22(18)21-17)12-6-7-13-20/h1-5,8-11,14,18,21H,6-7,12-13H2/t18-/m1/s1. The maximum Gasteiger partial charge on any atom is 0.180 e. The molecule has 2 aromatic carbocycles. The highest BCUT2D eigenvalue weighted by molar-refractivity contribution is 5.67. The van der Waals surface area contributed by atoms with E-state index in [4.69, 9.17) is 4.74 Å². The molecule has 0 bridgehead atoms. The summed E-state index contributed by atoms with van der Waals surface area (Å²) in [6.07, 6.45) is 6.97. The minimum absolute atomic E-state index is 0.202. The predicted octanol–water partition coefficient (Wildman–Crippen LogP) is 4.25. The van der Waals surface area contributed by atoms with Crippen LogP contribution in [-0.2, 0) is 0 Å². The summed E-state index contributed by atoms with van der Waals surface area (Å²) in [5.41, 5.74) is 7.11. The molecule has 1 atom stereocenters. The molecule has 0 radical (unpaired) electrons. The molecule has 5 rings (SSSR count). The Hall–Kier alpha value is -2.26. The van der Waals surface area contributed by atoms with Crippen molar-refractivity contribution in [2.24, 2.45) is 0 Å².